The van der Waals surface area contributed by atoms with Crippen LogP contribution in [0, 0.1) is 6.92 Å². The molecule has 19 heavy (non-hydrogen) atoms. The summed E-state index contributed by atoms with van der Waals surface area (Å²) in [6, 6.07) is 7.51. The molecule has 1 aromatic carbocycles. The van der Waals surface area contributed by atoms with Crippen molar-refractivity contribution in [3.8, 4) is 10.4 Å². The van der Waals surface area contributed by atoms with Crippen molar-refractivity contribution in [2.45, 2.75) is 26.7 Å². The Morgan fingerprint density at radius 3 is 2.63 bits per heavy atom. The average molecular weight is 313 g/mol. The molecule has 0 aliphatic rings. The first-order valence-corrected chi connectivity index (χ1v) is 7.69. The van der Waals surface area contributed by atoms with Gasteiger partial charge in [-0.1, -0.05) is 30.1 Å². The molecule has 2 rings (SSSR count). The highest BCUT2D eigenvalue weighted by Crippen LogP contribution is 2.36. The summed E-state index contributed by atoms with van der Waals surface area (Å²) in [7, 11) is 0. The number of rotatable bonds is 4. The van der Waals surface area contributed by atoms with Crippen molar-refractivity contribution in [1.29, 1.82) is 0 Å². The molecule has 0 N–H and O–H groups in total. The van der Waals surface area contributed by atoms with Crippen molar-refractivity contribution in [3.05, 3.63) is 44.8 Å². The zero-order valence-corrected chi connectivity index (χ0v) is 13.1. The van der Waals surface area contributed by atoms with E-state index in [2.05, 4.69) is 0 Å². The van der Waals surface area contributed by atoms with E-state index in [0.29, 0.717) is 16.5 Å². The molecule has 4 heteroatoms. The Labute approximate surface area is 127 Å². The lowest BCUT2D eigenvalue weighted by Crippen LogP contribution is -1.93. The van der Waals surface area contributed by atoms with Gasteiger partial charge in [0.2, 0.25) is 0 Å². The zero-order valence-electron chi connectivity index (χ0n) is 10.8. The van der Waals surface area contributed by atoms with Crippen molar-refractivity contribution >= 4 is 40.3 Å². The van der Waals surface area contributed by atoms with Crippen molar-refractivity contribution in [3.63, 3.8) is 0 Å². The lowest BCUT2D eigenvalue weighted by Gasteiger charge is -2.05. The normalized spacial score (nSPS) is 10.7. The number of hydrogen-bond acceptors (Lipinski definition) is 2. The summed E-state index contributed by atoms with van der Waals surface area (Å²) in [5, 5.41) is 1.35. The second-order valence-electron chi connectivity index (χ2n) is 4.42. The predicted octanol–water partition coefficient (Wildman–Crippen LogP) is 6.01. The van der Waals surface area contributed by atoms with E-state index < -0.39 is 0 Å². The molecule has 0 aliphatic heterocycles. The number of hydrogen-bond donors (Lipinski definition) is 0. The Bertz CT molecular complexity index is 617. The molecule has 0 spiro atoms. The van der Waals surface area contributed by atoms with Gasteiger partial charge in [-0.15, -0.1) is 11.3 Å². The number of thiophene rings is 1. The SMILES string of the molecule is CCCC(=O)c1ccc(-c2cc(Cl)c(C)cc2Cl)s1. The molecule has 1 aromatic heterocycles. The van der Waals surface area contributed by atoms with Crippen LogP contribution in [0.4, 0.5) is 0 Å². The third kappa shape index (κ3) is 3.19. The molecule has 0 radical (unpaired) electrons. The summed E-state index contributed by atoms with van der Waals surface area (Å²) >= 11 is 13.9. The molecular formula is C15H14Cl2OS. The van der Waals surface area contributed by atoms with Crippen LogP contribution in [0.5, 0.6) is 0 Å². The van der Waals surface area contributed by atoms with Crippen LogP contribution < -0.4 is 0 Å². The van der Waals surface area contributed by atoms with Crippen molar-refractivity contribution < 1.29 is 4.79 Å². The monoisotopic (exact) mass is 312 g/mol. The Balaban J connectivity index is 2.38. The van der Waals surface area contributed by atoms with Gasteiger partial charge in [0.15, 0.2) is 5.78 Å². The minimum Gasteiger partial charge on any atom is -0.293 e. The van der Waals surface area contributed by atoms with Crippen LogP contribution in [-0.2, 0) is 0 Å². The van der Waals surface area contributed by atoms with E-state index in [0.717, 1.165) is 27.3 Å². The second kappa shape index (κ2) is 6.08. The number of Topliss-reactive ketones (excluding diaryl/α,β-unsaturated/α-hetero) is 1. The van der Waals surface area contributed by atoms with Gasteiger partial charge in [0, 0.05) is 26.9 Å². The lowest BCUT2D eigenvalue weighted by molar-refractivity contribution is 0.0985. The summed E-state index contributed by atoms with van der Waals surface area (Å²) in [6.45, 7) is 3.92. The van der Waals surface area contributed by atoms with Crippen LogP contribution in [0.25, 0.3) is 10.4 Å². The summed E-state index contributed by atoms with van der Waals surface area (Å²) in [5.41, 5.74) is 1.84. The molecule has 0 amide bonds. The fourth-order valence-electron chi connectivity index (χ4n) is 1.82. The van der Waals surface area contributed by atoms with Gasteiger partial charge in [-0.2, -0.15) is 0 Å². The van der Waals surface area contributed by atoms with Gasteiger partial charge in [0.05, 0.1) is 4.88 Å². The van der Waals surface area contributed by atoms with Crippen LogP contribution in [0.1, 0.15) is 35.0 Å². The van der Waals surface area contributed by atoms with Crippen LogP contribution in [0.15, 0.2) is 24.3 Å². The summed E-state index contributed by atoms with van der Waals surface area (Å²) < 4.78 is 0. The zero-order chi connectivity index (χ0) is 14.0. The maximum absolute atomic E-state index is 11.8. The standard InChI is InChI=1S/C15H14Cl2OS/c1-3-4-13(18)15-6-5-14(19-15)10-8-11(16)9(2)7-12(10)17/h5-8H,3-4H2,1-2H3. The van der Waals surface area contributed by atoms with Crippen molar-refractivity contribution in [1.82, 2.24) is 0 Å². The van der Waals surface area contributed by atoms with E-state index >= 15 is 0 Å². The largest absolute Gasteiger partial charge is 0.293 e. The first kappa shape index (κ1) is 14.6. The van der Waals surface area contributed by atoms with Gasteiger partial charge >= 0.3 is 0 Å². The van der Waals surface area contributed by atoms with Crippen molar-refractivity contribution in [2.24, 2.45) is 0 Å². The number of carbonyl (C=O) groups excluding carboxylic acids is 1. The molecule has 0 unspecified atom stereocenters. The van der Waals surface area contributed by atoms with Gasteiger partial charge in [-0.25, -0.2) is 0 Å². The molecule has 100 valence electrons. The Hall–Kier alpha value is -0.830. The van der Waals surface area contributed by atoms with E-state index in [-0.39, 0.29) is 5.78 Å². The fourth-order valence-corrected chi connectivity index (χ4v) is 3.36. The highest BCUT2D eigenvalue weighted by atomic mass is 35.5. The van der Waals surface area contributed by atoms with Gasteiger partial charge in [0.25, 0.3) is 0 Å². The summed E-state index contributed by atoms with van der Waals surface area (Å²) in [6.07, 6.45) is 1.45. The molecule has 0 saturated carbocycles. The minimum absolute atomic E-state index is 0.188. The fraction of sp³-hybridized carbons (Fsp3) is 0.267. The second-order valence-corrected chi connectivity index (χ2v) is 6.32. The number of ketones is 1. The average Bonchev–Trinajstić information content (AvgIpc) is 2.83. The van der Waals surface area contributed by atoms with Gasteiger partial charge in [-0.3, -0.25) is 4.79 Å². The van der Waals surface area contributed by atoms with Crippen LogP contribution in [0.3, 0.4) is 0 Å². The third-order valence-corrected chi connectivity index (χ3v) is 4.75. The molecule has 0 saturated heterocycles. The maximum Gasteiger partial charge on any atom is 0.172 e. The van der Waals surface area contributed by atoms with Gasteiger partial charge in [-0.05, 0) is 43.2 Å². The Morgan fingerprint density at radius 2 is 1.95 bits per heavy atom. The highest BCUT2D eigenvalue weighted by molar-refractivity contribution is 7.17. The molecule has 1 nitrogen and oxygen atoms in total. The number of aryl methyl sites for hydroxylation is 1. The number of carbonyl (C=O) groups is 1. The van der Waals surface area contributed by atoms with Gasteiger partial charge in [0.1, 0.15) is 0 Å². The quantitative estimate of drug-likeness (QED) is 0.631. The topological polar surface area (TPSA) is 17.1 Å². The first-order valence-electron chi connectivity index (χ1n) is 6.12. The van der Waals surface area contributed by atoms with E-state index in [9.17, 15) is 4.79 Å². The molecule has 0 fully saturated rings. The third-order valence-electron chi connectivity index (χ3n) is 2.87. The smallest absolute Gasteiger partial charge is 0.172 e. The maximum atomic E-state index is 11.8. The van der Waals surface area contributed by atoms with Crippen LogP contribution >= 0.6 is 34.5 Å². The number of benzene rings is 1. The first-order chi connectivity index (χ1) is 9.02. The van der Waals surface area contributed by atoms with E-state index in [1.807, 2.05) is 38.1 Å². The Morgan fingerprint density at radius 1 is 1.21 bits per heavy atom. The van der Waals surface area contributed by atoms with E-state index in [1.54, 1.807) is 0 Å². The number of halogens is 2. The van der Waals surface area contributed by atoms with Gasteiger partial charge < -0.3 is 0 Å². The molecule has 0 bridgehead atoms. The lowest BCUT2D eigenvalue weighted by atomic mass is 10.1. The van der Waals surface area contributed by atoms with Crippen molar-refractivity contribution in [2.75, 3.05) is 0 Å². The van der Waals surface area contributed by atoms with E-state index in [1.165, 1.54) is 11.3 Å². The van der Waals surface area contributed by atoms with Crippen LogP contribution in [0.2, 0.25) is 10.0 Å². The molecule has 1 heterocycles. The highest BCUT2D eigenvalue weighted by Gasteiger charge is 2.12. The van der Waals surface area contributed by atoms with Crippen LogP contribution in [-0.4, -0.2) is 5.78 Å². The molecule has 0 atom stereocenters. The summed E-state index contributed by atoms with van der Waals surface area (Å²) in [5.74, 6) is 0.188. The minimum atomic E-state index is 0.188. The summed E-state index contributed by atoms with van der Waals surface area (Å²) in [4.78, 5) is 13.6. The predicted molar refractivity (Wildman–Crippen MR) is 83.8 cm³/mol. The Kier molecular flexibility index (Phi) is 4.67. The molecular weight excluding hydrogens is 299 g/mol. The van der Waals surface area contributed by atoms with E-state index in [4.69, 9.17) is 23.2 Å². The molecule has 0 aliphatic carbocycles. The molecule has 2 aromatic rings.